The normalized spacial score (nSPS) is 16.5. The van der Waals surface area contributed by atoms with Crippen LogP contribution in [-0.2, 0) is 23.8 Å². The number of carboxylic acid groups (broad SMARTS) is 2. The zero-order chi connectivity index (χ0) is 17.8. The van der Waals surface area contributed by atoms with Crippen molar-refractivity contribution in [2.45, 2.75) is 24.4 Å². The van der Waals surface area contributed by atoms with Crippen LogP contribution in [0.1, 0.15) is 0 Å². The summed E-state index contributed by atoms with van der Waals surface area (Å²) < 4.78 is 14.5. The summed E-state index contributed by atoms with van der Waals surface area (Å²) in [6.45, 7) is -1.90. The molecule has 136 valence electrons. The molecule has 4 atom stereocenters. The summed E-state index contributed by atoms with van der Waals surface area (Å²) in [6.07, 6.45) is -5.53. The first-order valence-corrected chi connectivity index (χ1v) is 6.65. The van der Waals surface area contributed by atoms with Crippen LogP contribution in [0.25, 0.3) is 0 Å². The number of rotatable bonds is 14. The van der Waals surface area contributed by atoms with Gasteiger partial charge in [-0.1, -0.05) is 0 Å². The zero-order valence-corrected chi connectivity index (χ0v) is 12.3. The van der Waals surface area contributed by atoms with Gasteiger partial charge in [0, 0.05) is 0 Å². The van der Waals surface area contributed by atoms with Crippen LogP contribution < -0.4 is 0 Å². The molecule has 0 aliphatic heterocycles. The van der Waals surface area contributed by atoms with E-state index in [4.69, 9.17) is 34.6 Å². The number of ether oxygens (including phenoxy) is 3. The molecule has 0 fully saturated rings. The molecule has 0 aromatic rings. The predicted molar refractivity (Wildman–Crippen MR) is 71.8 cm³/mol. The lowest BCUT2D eigenvalue weighted by Crippen LogP contribution is -2.31. The van der Waals surface area contributed by atoms with Crippen LogP contribution in [0.4, 0.5) is 0 Å². The van der Waals surface area contributed by atoms with Crippen LogP contribution in [0.15, 0.2) is 0 Å². The van der Waals surface area contributed by atoms with Gasteiger partial charge >= 0.3 is 11.9 Å². The van der Waals surface area contributed by atoms with Gasteiger partial charge in [0.15, 0.2) is 12.2 Å². The van der Waals surface area contributed by atoms with E-state index in [0.29, 0.717) is 0 Å². The maximum atomic E-state index is 10.3. The minimum Gasteiger partial charge on any atom is -0.479 e. The van der Waals surface area contributed by atoms with E-state index in [-0.39, 0.29) is 26.4 Å². The second kappa shape index (κ2) is 12.1. The lowest BCUT2D eigenvalue weighted by Gasteiger charge is -2.15. The van der Waals surface area contributed by atoms with Crippen LogP contribution in [0.2, 0.25) is 0 Å². The number of hydrogen-bond donors (Lipinski definition) is 6. The van der Waals surface area contributed by atoms with Crippen molar-refractivity contribution in [3.05, 3.63) is 0 Å². The molecular formula is C12H22O11. The van der Waals surface area contributed by atoms with Crippen molar-refractivity contribution in [3.8, 4) is 0 Å². The molecule has 0 aromatic heterocycles. The van der Waals surface area contributed by atoms with Gasteiger partial charge in [0.05, 0.1) is 39.6 Å². The van der Waals surface area contributed by atoms with Crippen molar-refractivity contribution >= 4 is 11.9 Å². The Bertz CT molecular complexity index is 316. The quantitative estimate of drug-likeness (QED) is 0.185. The monoisotopic (exact) mass is 342 g/mol. The zero-order valence-electron chi connectivity index (χ0n) is 12.3. The summed E-state index contributed by atoms with van der Waals surface area (Å²) in [5.74, 6) is -2.88. The highest BCUT2D eigenvalue weighted by atomic mass is 16.5. The molecule has 0 spiro atoms. The Morgan fingerprint density at radius 3 is 1.13 bits per heavy atom. The lowest BCUT2D eigenvalue weighted by atomic mass is 10.3. The summed E-state index contributed by atoms with van der Waals surface area (Å²) in [5, 5.41) is 53.4. The molecule has 0 radical (unpaired) electrons. The van der Waals surface area contributed by atoms with Crippen LogP contribution in [0, 0.1) is 0 Å². The maximum Gasteiger partial charge on any atom is 0.334 e. The standard InChI is InChI=1S/C12H22O11/c13-7(3-22-5-9(15)11(17)18)1-21-2-8(14)4-23-6-10(16)12(19)20/h7-10,13-16H,1-6H2,(H,17,18)(H,19,20). The van der Waals surface area contributed by atoms with Crippen molar-refractivity contribution in [2.24, 2.45) is 0 Å². The van der Waals surface area contributed by atoms with Gasteiger partial charge in [-0.25, -0.2) is 9.59 Å². The molecule has 0 rings (SSSR count). The highest BCUT2D eigenvalue weighted by molar-refractivity contribution is 5.72. The average molecular weight is 342 g/mol. The Labute approximate surface area is 131 Å². The Hall–Kier alpha value is -1.34. The van der Waals surface area contributed by atoms with E-state index >= 15 is 0 Å². The number of carboxylic acids is 2. The van der Waals surface area contributed by atoms with E-state index in [1.165, 1.54) is 0 Å². The number of aliphatic hydroxyl groups excluding tert-OH is 4. The second-order valence-electron chi connectivity index (χ2n) is 4.63. The van der Waals surface area contributed by atoms with E-state index in [1.54, 1.807) is 0 Å². The molecular weight excluding hydrogens is 320 g/mol. The minimum absolute atomic E-state index is 0.210. The van der Waals surface area contributed by atoms with E-state index < -0.39 is 49.6 Å². The molecule has 0 aliphatic rings. The summed E-state index contributed by atoms with van der Waals surface area (Å²) in [6, 6.07) is 0. The fourth-order valence-electron chi connectivity index (χ4n) is 1.21. The Morgan fingerprint density at radius 2 is 0.870 bits per heavy atom. The van der Waals surface area contributed by atoms with Crippen LogP contribution in [0.3, 0.4) is 0 Å². The number of hydrogen-bond acceptors (Lipinski definition) is 9. The maximum absolute atomic E-state index is 10.3. The molecule has 11 heteroatoms. The van der Waals surface area contributed by atoms with Crippen molar-refractivity contribution in [2.75, 3.05) is 39.6 Å². The first-order valence-electron chi connectivity index (χ1n) is 6.65. The highest BCUT2D eigenvalue weighted by Gasteiger charge is 2.16. The number of aliphatic carboxylic acids is 2. The summed E-state index contributed by atoms with van der Waals surface area (Å²) >= 11 is 0. The van der Waals surface area contributed by atoms with Gasteiger partial charge < -0.3 is 44.8 Å². The molecule has 4 unspecified atom stereocenters. The average Bonchev–Trinajstić information content (AvgIpc) is 2.46. The molecule has 11 nitrogen and oxygen atoms in total. The summed E-state index contributed by atoms with van der Waals surface area (Å²) in [4.78, 5) is 20.6. The Morgan fingerprint density at radius 1 is 0.609 bits per heavy atom. The third kappa shape index (κ3) is 11.8. The van der Waals surface area contributed by atoms with Crippen LogP contribution in [-0.4, -0.2) is 107 Å². The van der Waals surface area contributed by atoms with Crippen molar-refractivity contribution in [1.29, 1.82) is 0 Å². The molecule has 0 aromatic carbocycles. The van der Waals surface area contributed by atoms with Gasteiger partial charge in [-0.3, -0.25) is 0 Å². The first-order chi connectivity index (χ1) is 10.7. The molecule has 0 heterocycles. The molecule has 0 aliphatic carbocycles. The molecule has 0 amide bonds. The van der Waals surface area contributed by atoms with Gasteiger partial charge in [0.25, 0.3) is 0 Å². The number of carbonyl (C=O) groups is 2. The molecule has 0 saturated heterocycles. The molecule has 23 heavy (non-hydrogen) atoms. The van der Waals surface area contributed by atoms with Gasteiger partial charge in [0.2, 0.25) is 0 Å². The molecule has 6 N–H and O–H groups in total. The SMILES string of the molecule is O=C(O)C(O)COCC(O)COCC(O)COCC(O)C(=O)O. The third-order valence-electron chi connectivity index (χ3n) is 2.36. The topological polar surface area (TPSA) is 183 Å². The predicted octanol–water partition coefficient (Wildman–Crippen LogP) is -3.35. The van der Waals surface area contributed by atoms with Crippen molar-refractivity contribution < 1.29 is 54.4 Å². The van der Waals surface area contributed by atoms with Gasteiger partial charge in [-0.05, 0) is 0 Å². The fourth-order valence-corrected chi connectivity index (χ4v) is 1.21. The van der Waals surface area contributed by atoms with Gasteiger partial charge in [-0.15, -0.1) is 0 Å². The molecule has 0 bridgehead atoms. The van der Waals surface area contributed by atoms with E-state index in [9.17, 15) is 19.8 Å². The Balaban J connectivity index is 3.61. The lowest BCUT2D eigenvalue weighted by molar-refractivity contribution is -0.151. The molecule has 0 saturated carbocycles. The van der Waals surface area contributed by atoms with E-state index in [2.05, 4.69) is 0 Å². The largest absolute Gasteiger partial charge is 0.479 e. The first kappa shape index (κ1) is 21.7. The number of aliphatic hydroxyl groups is 4. The van der Waals surface area contributed by atoms with Gasteiger partial charge in [-0.2, -0.15) is 0 Å². The second-order valence-corrected chi connectivity index (χ2v) is 4.63. The van der Waals surface area contributed by atoms with E-state index in [1.807, 2.05) is 0 Å². The smallest absolute Gasteiger partial charge is 0.334 e. The van der Waals surface area contributed by atoms with E-state index in [0.717, 1.165) is 0 Å². The fraction of sp³-hybridized carbons (Fsp3) is 0.833. The van der Waals surface area contributed by atoms with Crippen LogP contribution >= 0.6 is 0 Å². The minimum atomic E-state index is -1.68. The third-order valence-corrected chi connectivity index (χ3v) is 2.36. The van der Waals surface area contributed by atoms with Crippen molar-refractivity contribution in [1.82, 2.24) is 0 Å². The summed E-state index contributed by atoms with van der Waals surface area (Å²) in [5.41, 5.74) is 0. The Kier molecular flexibility index (Phi) is 11.4. The van der Waals surface area contributed by atoms with Crippen LogP contribution in [0.5, 0.6) is 0 Å². The highest BCUT2D eigenvalue weighted by Crippen LogP contribution is 1.94. The van der Waals surface area contributed by atoms with Gasteiger partial charge in [0.1, 0.15) is 12.2 Å². The van der Waals surface area contributed by atoms with Crippen molar-refractivity contribution in [3.63, 3.8) is 0 Å². The summed E-state index contributed by atoms with van der Waals surface area (Å²) in [7, 11) is 0.